The smallest absolute Gasteiger partial charge is 0.0408 e. The zero-order valence-corrected chi connectivity index (χ0v) is 23.4. The zero-order chi connectivity index (χ0) is 25.0. The van der Waals surface area contributed by atoms with Crippen LogP contribution in [0.4, 0.5) is 3.89 Å². The standard InChI is InChI=1S/C28H38.C2H6.CH3FS/c1-7-9-10-26-25(14-11-19(3)4)22(8-2)13-16-27(26)28-18-23-17-20(5)12-15-24(23)21(28)6;1-2;1-3-2/h11-17,19,21,28H,7-10,18H2,1-6H3;1-2H3;1H3/b14-11-;;. The fraction of sp³-hybridized carbons (Fsp3) is 0.548. The highest BCUT2D eigenvalue weighted by molar-refractivity contribution is 7.93. The number of halogens is 1. The molecule has 0 saturated carbocycles. The number of benzene rings is 2. The molecule has 1 aliphatic carbocycles. The number of hydrogen-bond acceptors (Lipinski definition) is 1. The van der Waals surface area contributed by atoms with Crippen molar-refractivity contribution < 1.29 is 3.89 Å². The number of hydrogen-bond donors (Lipinski definition) is 0. The molecule has 0 heterocycles. The summed E-state index contributed by atoms with van der Waals surface area (Å²) in [5.74, 6) is 1.80. The van der Waals surface area contributed by atoms with Crippen LogP contribution in [0.25, 0.3) is 6.08 Å². The summed E-state index contributed by atoms with van der Waals surface area (Å²) in [6, 6.07) is 12.0. The lowest BCUT2D eigenvalue weighted by Gasteiger charge is -2.24. The van der Waals surface area contributed by atoms with Gasteiger partial charge in [0, 0.05) is 18.4 Å². The molecule has 0 aliphatic heterocycles. The van der Waals surface area contributed by atoms with E-state index in [-0.39, 0.29) is 12.1 Å². The number of aryl methyl sites for hydroxylation is 2. The van der Waals surface area contributed by atoms with Crippen LogP contribution in [-0.4, -0.2) is 6.26 Å². The van der Waals surface area contributed by atoms with E-state index in [1.165, 1.54) is 48.6 Å². The highest BCUT2D eigenvalue weighted by atomic mass is 32.2. The molecule has 0 fully saturated rings. The Kier molecular flexibility index (Phi) is 13.7. The Labute approximate surface area is 208 Å². The number of rotatable bonds is 7. The third kappa shape index (κ3) is 8.02. The third-order valence-corrected chi connectivity index (χ3v) is 6.52. The number of allylic oxidation sites excluding steroid dienone is 1. The quantitative estimate of drug-likeness (QED) is 0.388. The molecule has 2 heteroatoms. The third-order valence-electron chi connectivity index (χ3n) is 6.52. The number of fused-ring (bicyclic) bond motifs is 1. The van der Waals surface area contributed by atoms with Crippen LogP contribution in [0.2, 0.25) is 0 Å². The maximum atomic E-state index is 10.2. The number of unbranched alkanes of at least 4 members (excludes halogenated alkanes) is 1. The van der Waals surface area contributed by atoms with Crippen molar-refractivity contribution in [3.05, 3.63) is 75.4 Å². The molecule has 0 N–H and O–H groups in total. The van der Waals surface area contributed by atoms with E-state index in [0.717, 1.165) is 6.42 Å². The first-order valence-electron chi connectivity index (χ1n) is 12.9. The maximum Gasteiger partial charge on any atom is 0.0408 e. The second-order valence-corrected chi connectivity index (χ2v) is 9.53. The van der Waals surface area contributed by atoms with Gasteiger partial charge in [0.2, 0.25) is 0 Å². The summed E-state index contributed by atoms with van der Waals surface area (Å²) in [6.07, 6.45) is 12.2. The molecule has 0 amide bonds. The molecule has 1 aliphatic rings. The summed E-state index contributed by atoms with van der Waals surface area (Å²) in [6.45, 7) is 17.8. The molecule has 0 aromatic heterocycles. The van der Waals surface area contributed by atoms with Crippen molar-refractivity contribution in [3.63, 3.8) is 0 Å². The van der Waals surface area contributed by atoms with E-state index in [4.69, 9.17) is 0 Å². The van der Waals surface area contributed by atoms with Crippen LogP contribution in [-0.2, 0) is 19.3 Å². The molecule has 0 radical (unpaired) electrons. The normalized spacial score (nSPS) is 16.8. The fourth-order valence-corrected chi connectivity index (χ4v) is 4.88. The largest absolute Gasteiger partial charge is 0.166 e. The lowest BCUT2D eigenvalue weighted by Crippen LogP contribution is -2.10. The van der Waals surface area contributed by atoms with Crippen LogP contribution in [0, 0.1) is 12.8 Å². The molecular formula is C31H47FS. The topological polar surface area (TPSA) is 0 Å². The lowest BCUT2D eigenvalue weighted by atomic mass is 9.80. The second kappa shape index (κ2) is 15.4. The van der Waals surface area contributed by atoms with Crippen molar-refractivity contribution in [2.75, 3.05) is 6.26 Å². The average Bonchev–Trinajstić information content (AvgIpc) is 3.12. The van der Waals surface area contributed by atoms with Crippen LogP contribution < -0.4 is 0 Å². The Balaban J connectivity index is 0.00000101. The van der Waals surface area contributed by atoms with E-state index in [9.17, 15) is 3.89 Å². The monoisotopic (exact) mass is 470 g/mol. The minimum atomic E-state index is 0.250. The average molecular weight is 471 g/mol. The maximum absolute atomic E-state index is 10.2. The first kappa shape index (κ1) is 29.5. The van der Waals surface area contributed by atoms with Crippen LogP contribution in [0.3, 0.4) is 0 Å². The minimum absolute atomic E-state index is 0.250. The van der Waals surface area contributed by atoms with Gasteiger partial charge in [-0.25, -0.2) is 0 Å². The highest BCUT2D eigenvalue weighted by Gasteiger charge is 2.32. The summed E-state index contributed by atoms with van der Waals surface area (Å²) < 4.78 is 10.2. The Bertz CT molecular complexity index is 865. The van der Waals surface area contributed by atoms with Crippen LogP contribution >= 0.6 is 12.1 Å². The van der Waals surface area contributed by atoms with E-state index in [0.29, 0.717) is 17.8 Å². The SMILES string of the molecule is CC.CCCCc1c(C2Cc3cc(C)ccc3C2C)ccc(CC)c1/C=C\C(C)C.CSF. The van der Waals surface area contributed by atoms with Crippen LogP contribution in [0.1, 0.15) is 112 Å². The van der Waals surface area contributed by atoms with Gasteiger partial charge in [-0.05, 0) is 83.7 Å². The van der Waals surface area contributed by atoms with Crippen molar-refractivity contribution in [1.29, 1.82) is 0 Å². The molecule has 184 valence electrons. The summed E-state index contributed by atoms with van der Waals surface area (Å²) in [5, 5.41) is 0. The molecule has 3 rings (SSSR count). The van der Waals surface area contributed by atoms with E-state index in [1.54, 1.807) is 22.3 Å². The Morgan fingerprint density at radius 3 is 2.30 bits per heavy atom. The van der Waals surface area contributed by atoms with E-state index in [1.807, 2.05) is 13.8 Å². The lowest BCUT2D eigenvalue weighted by molar-refractivity contribution is 0.616. The summed E-state index contributed by atoms with van der Waals surface area (Å²) in [5.41, 5.74) is 10.8. The summed E-state index contributed by atoms with van der Waals surface area (Å²) in [4.78, 5) is 0. The van der Waals surface area contributed by atoms with Crippen LogP contribution in [0.5, 0.6) is 0 Å². The van der Waals surface area contributed by atoms with E-state index >= 15 is 0 Å². The molecule has 0 nitrogen and oxygen atoms in total. The highest BCUT2D eigenvalue weighted by Crippen LogP contribution is 2.46. The molecule has 2 atom stereocenters. The van der Waals surface area contributed by atoms with Gasteiger partial charge < -0.3 is 0 Å². The van der Waals surface area contributed by atoms with Gasteiger partial charge in [-0.1, -0.05) is 103 Å². The summed E-state index contributed by atoms with van der Waals surface area (Å²) >= 11 is 0.250. The second-order valence-electron chi connectivity index (χ2n) is 9.22. The van der Waals surface area contributed by atoms with Gasteiger partial charge in [-0.15, -0.1) is 0 Å². The Hall–Kier alpha value is -1.54. The van der Waals surface area contributed by atoms with Gasteiger partial charge in [0.05, 0.1) is 0 Å². The molecule has 0 spiro atoms. The minimum Gasteiger partial charge on any atom is -0.166 e. The van der Waals surface area contributed by atoms with Gasteiger partial charge in [0.1, 0.15) is 0 Å². The Morgan fingerprint density at radius 2 is 1.73 bits per heavy atom. The fourth-order valence-electron chi connectivity index (χ4n) is 4.88. The Morgan fingerprint density at radius 1 is 1.09 bits per heavy atom. The predicted octanol–water partition coefficient (Wildman–Crippen LogP) is 10.3. The summed E-state index contributed by atoms with van der Waals surface area (Å²) in [7, 11) is 0. The van der Waals surface area contributed by atoms with E-state index < -0.39 is 0 Å². The molecule has 0 saturated heterocycles. The van der Waals surface area contributed by atoms with Crippen molar-refractivity contribution in [2.24, 2.45) is 5.92 Å². The van der Waals surface area contributed by atoms with Gasteiger partial charge in [0.15, 0.2) is 0 Å². The molecule has 2 aromatic carbocycles. The zero-order valence-electron chi connectivity index (χ0n) is 22.6. The van der Waals surface area contributed by atoms with Crippen molar-refractivity contribution >= 4 is 18.2 Å². The van der Waals surface area contributed by atoms with Crippen molar-refractivity contribution in [1.82, 2.24) is 0 Å². The van der Waals surface area contributed by atoms with Gasteiger partial charge in [-0.2, -0.15) is 3.89 Å². The molecule has 0 bridgehead atoms. The molecule has 33 heavy (non-hydrogen) atoms. The van der Waals surface area contributed by atoms with Gasteiger partial charge in [0.25, 0.3) is 0 Å². The van der Waals surface area contributed by atoms with Gasteiger partial charge in [-0.3, -0.25) is 0 Å². The molecular weight excluding hydrogens is 423 g/mol. The first-order chi connectivity index (χ1) is 15.9. The van der Waals surface area contributed by atoms with E-state index in [2.05, 4.69) is 84.0 Å². The predicted molar refractivity (Wildman–Crippen MR) is 150 cm³/mol. The van der Waals surface area contributed by atoms with Crippen LogP contribution in [0.15, 0.2) is 36.4 Å². The van der Waals surface area contributed by atoms with Gasteiger partial charge >= 0.3 is 0 Å². The first-order valence-corrected chi connectivity index (χ1v) is 14.1. The molecule has 2 aromatic rings. The molecule has 2 unspecified atom stereocenters. The van der Waals surface area contributed by atoms with Crippen molar-refractivity contribution in [3.8, 4) is 0 Å². The van der Waals surface area contributed by atoms with Crippen molar-refractivity contribution in [2.45, 2.75) is 99.3 Å².